The Morgan fingerprint density at radius 2 is 1.67 bits per heavy atom. The van der Waals surface area contributed by atoms with Crippen molar-refractivity contribution in [2.75, 3.05) is 18.6 Å². The third kappa shape index (κ3) is 2.70. The average Bonchev–Trinajstić information content (AvgIpc) is 3.40. The first-order valence-electron chi connectivity index (χ1n) is 10.5. The minimum Gasteiger partial charge on any atom is -0.497 e. The Morgan fingerprint density at radius 1 is 1.00 bits per heavy atom. The van der Waals surface area contributed by atoms with E-state index >= 15 is 0 Å². The Labute approximate surface area is 175 Å². The lowest BCUT2D eigenvalue weighted by Crippen LogP contribution is -3.16. The number of carbonyl (C=O) groups is 3. The van der Waals surface area contributed by atoms with Gasteiger partial charge in [0, 0.05) is 18.4 Å². The Balaban J connectivity index is 1.52. The molecule has 1 N–H and O–H groups in total. The second-order valence-electron chi connectivity index (χ2n) is 8.54. The van der Waals surface area contributed by atoms with Crippen LogP contribution in [0, 0.1) is 18.8 Å². The molecule has 0 aromatic heterocycles. The SMILES string of the molecule is COc1ccc(N2C(=O)[C@H]3[C@H](C2=O)[C@@H](C(=O)c2ccc(C)cc2)[NH+]2CCC[C@H]32)cc1. The highest BCUT2D eigenvalue weighted by Crippen LogP contribution is 2.40. The molecule has 5 rings (SSSR count). The zero-order valence-electron chi connectivity index (χ0n) is 17.1. The summed E-state index contributed by atoms with van der Waals surface area (Å²) in [5.74, 6) is -0.787. The monoisotopic (exact) mass is 405 g/mol. The molecule has 30 heavy (non-hydrogen) atoms. The Morgan fingerprint density at radius 3 is 2.33 bits per heavy atom. The van der Waals surface area contributed by atoms with E-state index in [1.807, 2.05) is 31.2 Å². The van der Waals surface area contributed by atoms with Crippen LogP contribution < -0.4 is 14.5 Å². The van der Waals surface area contributed by atoms with Gasteiger partial charge in [-0.3, -0.25) is 14.4 Å². The number of amides is 2. The van der Waals surface area contributed by atoms with Crippen molar-refractivity contribution in [2.45, 2.75) is 31.8 Å². The van der Waals surface area contributed by atoms with Gasteiger partial charge in [0.2, 0.25) is 17.6 Å². The van der Waals surface area contributed by atoms with E-state index in [2.05, 4.69) is 0 Å². The molecule has 6 heteroatoms. The van der Waals surface area contributed by atoms with Crippen molar-refractivity contribution < 1.29 is 24.0 Å². The van der Waals surface area contributed by atoms with Crippen LogP contribution in [-0.4, -0.2) is 43.3 Å². The number of carbonyl (C=O) groups excluding carboxylic acids is 3. The number of anilines is 1. The molecule has 2 aromatic carbocycles. The number of imide groups is 1. The number of Topliss-reactive ketones (excluding diaryl/α,β-unsaturated/α-hetero) is 1. The van der Waals surface area contributed by atoms with Crippen molar-refractivity contribution >= 4 is 23.3 Å². The van der Waals surface area contributed by atoms with Gasteiger partial charge in [0.25, 0.3) is 0 Å². The van der Waals surface area contributed by atoms with Gasteiger partial charge >= 0.3 is 0 Å². The molecule has 3 fully saturated rings. The van der Waals surface area contributed by atoms with Gasteiger partial charge in [0.1, 0.15) is 23.6 Å². The van der Waals surface area contributed by atoms with Crippen molar-refractivity contribution in [3.05, 3.63) is 59.7 Å². The Kier molecular flexibility index (Phi) is 4.47. The number of methoxy groups -OCH3 is 1. The summed E-state index contributed by atoms with van der Waals surface area (Å²) < 4.78 is 5.19. The number of hydrogen-bond acceptors (Lipinski definition) is 4. The van der Waals surface area contributed by atoms with Crippen molar-refractivity contribution in [2.24, 2.45) is 11.8 Å². The molecular weight excluding hydrogens is 380 g/mol. The van der Waals surface area contributed by atoms with E-state index in [4.69, 9.17) is 4.74 Å². The Hall–Kier alpha value is -2.99. The maximum atomic E-state index is 13.5. The van der Waals surface area contributed by atoms with Crippen LogP contribution in [0.5, 0.6) is 5.75 Å². The van der Waals surface area contributed by atoms with Crippen LogP contribution in [-0.2, 0) is 9.59 Å². The molecule has 5 atom stereocenters. The van der Waals surface area contributed by atoms with Crippen LogP contribution in [0.4, 0.5) is 5.69 Å². The Bertz CT molecular complexity index is 1010. The number of nitrogens with zero attached hydrogens (tertiary/aromatic N) is 1. The van der Waals surface area contributed by atoms with E-state index < -0.39 is 17.9 Å². The van der Waals surface area contributed by atoms with Crippen molar-refractivity contribution in [1.82, 2.24) is 0 Å². The van der Waals surface area contributed by atoms with E-state index in [9.17, 15) is 14.4 Å². The van der Waals surface area contributed by atoms with E-state index in [1.54, 1.807) is 31.4 Å². The molecule has 0 radical (unpaired) electrons. The summed E-state index contributed by atoms with van der Waals surface area (Å²) in [4.78, 5) is 42.8. The highest BCUT2D eigenvalue weighted by molar-refractivity contribution is 6.24. The quantitative estimate of drug-likeness (QED) is 0.617. The first kappa shape index (κ1) is 19.0. The van der Waals surface area contributed by atoms with Gasteiger partial charge in [-0.05, 0) is 31.2 Å². The molecule has 3 aliphatic rings. The van der Waals surface area contributed by atoms with Crippen LogP contribution >= 0.6 is 0 Å². The largest absolute Gasteiger partial charge is 0.497 e. The lowest BCUT2D eigenvalue weighted by Gasteiger charge is -2.25. The fourth-order valence-electron chi connectivity index (χ4n) is 5.62. The normalized spacial score (nSPS) is 29.8. The zero-order chi connectivity index (χ0) is 21.0. The van der Waals surface area contributed by atoms with E-state index in [1.165, 1.54) is 4.90 Å². The fraction of sp³-hybridized carbons (Fsp3) is 0.375. The van der Waals surface area contributed by atoms with Crippen LogP contribution in [0.2, 0.25) is 0 Å². The topological polar surface area (TPSA) is 68.1 Å². The molecule has 3 saturated heterocycles. The molecule has 0 aliphatic carbocycles. The first-order valence-corrected chi connectivity index (χ1v) is 10.5. The van der Waals surface area contributed by atoms with Crippen molar-refractivity contribution in [3.63, 3.8) is 0 Å². The van der Waals surface area contributed by atoms with Crippen LogP contribution in [0.1, 0.15) is 28.8 Å². The number of benzene rings is 2. The first-order chi connectivity index (χ1) is 14.5. The summed E-state index contributed by atoms with van der Waals surface area (Å²) in [5.41, 5.74) is 2.24. The highest BCUT2D eigenvalue weighted by Gasteiger charge is 2.68. The van der Waals surface area contributed by atoms with E-state index in [-0.39, 0.29) is 23.6 Å². The van der Waals surface area contributed by atoms with Gasteiger partial charge in [0.15, 0.2) is 6.04 Å². The predicted molar refractivity (Wildman–Crippen MR) is 111 cm³/mol. The third-order valence-electron chi connectivity index (χ3n) is 7.00. The molecule has 0 spiro atoms. The van der Waals surface area contributed by atoms with Crippen molar-refractivity contribution in [3.8, 4) is 5.75 Å². The summed E-state index contributed by atoms with van der Waals surface area (Å²) >= 11 is 0. The molecule has 1 unspecified atom stereocenters. The third-order valence-corrected chi connectivity index (χ3v) is 7.00. The van der Waals surface area contributed by atoms with E-state index in [0.29, 0.717) is 17.0 Å². The molecule has 2 amide bonds. The molecule has 6 nitrogen and oxygen atoms in total. The standard InChI is InChI=1S/C24H24N2O4/c1-14-5-7-15(8-6-14)22(27)21-20-19(18-4-3-13-25(18)21)23(28)26(24(20)29)16-9-11-17(30-2)12-10-16/h5-12,18-21H,3-4,13H2,1-2H3/p+1/t18-,19-,20+,21+/m1/s1. The second kappa shape index (κ2) is 7.06. The summed E-state index contributed by atoms with van der Waals surface area (Å²) in [7, 11) is 1.57. The highest BCUT2D eigenvalue weighted by atomic mass is 16.5. The van der Waals surface area contributed by atoms with Gasteiger partial charge in [-0.2, -0.15) is 0 Å². The van der Waals surface area contributed by atoms with Gasteiger partial charge in [-0.15, -0.1) is 0 Å². The molecule has 3 aliphatic heterocycles. The van der Waals surface area contributed by atoms with Gasteiger partial charge < -0.3 is 9.64 Å². The van der Waals surface area contributed by atoms with Crippen LogP contribution in [0.3, 0.4) is 0 Å². The van der Waals surface area contributed by atoms with E-state index in [0.717, 1.165) is 29.8 Å². The molecule has 0 saturated carbocycles. The molecule has 2 aromatic rings. The number of rotatable bonds is 4. The number of quaternary nitrogens is 1. The van der Waals surface area contributed by atoms with Crippen LogP contribution in [0.15, 0.2) is 48.5 Å². The molecule has 0 bridgehead atoms. The maximum absolute atomic E-state index is 13.5. The number of fused-ring (bicyclic) bond motifs is 3. The van der Waals surface area contributed by atoms with Crippen LogP contribution in [0.25, 0.3) is 0 Å². The summed E-state index contributed by atoms with van der Waals surface area (Å²) in [6, 6.07) is 14.0. The summed E-state index contributed by atoms with van der Waals surface area (Å²) in [6.45, 7) is 2.82. The summed E-state index contributed by atoms with van der Waals surface area (Å²) in [5, 5.41) is 0. The smallest absolute Gasteiger partial charge is 0.244 e. The molecule has 154 valence electrons. The van der Waals surface area contributed by atoms with Gasteiger partial charge in [-0.25, -0.2) is 4.90 Å². The number of ether oxygens (including phenoxy) is 1. The fourth-order valence-corrected chi connectivity index (χ4v) is 5.62. The minimum atomic E-state index is -0.589. The van der Waals surface area contributed by atoms with Gasteiger partial charge in [0.05, 0.1) is 19.3 Å². The lowest BCUT2D eigenvalue weighted by molar-refractivity contribution is -0.915. The maximum Gasteiger partial charge on any atom is 0.244 e. The number of hydrogen-bond donors (Lipinski definition) is 1. The second-order valence-corrected chi connectivity index (χ2v) is 8.54. The number of aryl methyl sites for hydroxylation is 1. The minimum absolute atomic E-state index is 0.0258. The average molecular weight is 405 g/mol. The molecule has 3 heterocycles. The lowest BCUT2D eigenvalue weighted by atomic mass is 9.85. The number of nitrogens with one attached hydrogen (secondary N) is 1. The van der Waals surface area contributed by atoms with Crippen molar-refractivity contribution in [1.29, 1.82) is 0 Å². The predicted octanol–water partition coefficient (Wildman–Crippen LogP) is 1.42. The van der Waals surface area contributed by atoms with Gasteiger partial charge in [-0.1, -0.05) is 29.8 Å². The molecular formula is C24H25N2O4+. The zero-order valence-corrected chi connectivity index (χ0v) is 17.1. The summed E-state index contributed by atoms with van der Waals surface area (Å²) in [6.07, 6.45) is 1.86. The number of ketones is 1.